The number of aryl methyl sites for hydroxylation is 1. The van der Waals surface area contributed by atoms with E-state index in [9.17, 15) is 4.79 Å². The number of thiophene rings is 1. The van der Waals surface area contributed by atoms with E-state index in [1.165, 1.54) is 5.56 Å². The largest absolute Gasteiger partial charge is 0.302 e. The van der Waals surface area contributed by atoms with E-state index in [1.54, 1.807) is 29.2 Å². The van der Waals surface area contributed by atoms with E-state index in [-0.39, 0.29) is 5.91 Å². The summed E-state index contributed by atoms with van der Waals surface area (Å²) in [5, 5.41) is 5.50. The van der Waals surface area contributed by atoms with Crippen LogP contribution in [0.4, 0.5) is 0 Å². The van der Waals surface area contributed by atoms with Crippen molar-refractivity contribution in [2.75, 3.05) is 12.3 Å². The van der Waals surface area contributed by atoms with Crippen LogP contribution in [-0.2, 0) is 4.79 Å². The first-order chi connectivity index (χ1) is 7.75. The van der Waals surface area contributed by atoms with Crippen LogP contribution in [-0.4, -0.2) is 23.4 Å². The van der Waals surface area contributed by atoms with Gasteiger partial charge in [0, 0.05) is 16.7 Å². The SMILES string of the molecule is Cc1ccsc1C=CC(=O)NC1=NCCS1. The first kappa shape index (κ1) is 11.4. The minimum absolute atomic E-state index is 0.110. The van der Waals surface area contributed by atoms with E-state index >= 15 is 0 Å². The zero-order valence-corrected chi connectivity index (χ0v) is 10.5. The summed E-state index contributed by atoms with van der Waals surface area (Å²) >= 11 is 3.22. The molecule has 1 aliphatic heterocycles. The topological polar surface area (TPSA) is 41.5 Å². The zero-order chi connectivity index (χ0) is 11.4. The predicted molar refractivity (Wildman–Crippen MR) is 71.0 cm³/mol. The van der Waals surface area contributed by atoms with E-state index < -0.39 is 0 Å². The van der Waals surface area contributed by atoms with Gasteiger partial charge < -0.3 is 5.32 Å². The van der Waals surface area contributed by atoms with E-state index in [0.717, 1.165) is 22.3 Å². The van der Waals surface area contributed by atoms with Crippen molar-refractivity contribution in [2.45, 2.75) is 6.92 Å². The van der Waals surface area contributed by atoms with Crippen LogP contribution >= 0.6 is 23.1 Å². The molecule has 1 aromatic heterocycles. The number of hydrogen-bond acceptors (Lipinski definition) is 4. The Morgan fingerprint density at radius 1 is 1.62 bits per heavy atom. The molecule has 0 saturated carbocycles. The van der Waals surface area contributed by atoms with Gasteiger partial charge in [0.05, 0.1) is 6.54 Å². The van der Waals surface area contributed by atoms with Gasteiger partial charge in [0.15, 0.2) is 5.17 Å². The molecule has 0 aromatic carbocycles. The average Bonchev–Trinajstić information content (AvgIpc) is 2.87. The van der Waals surface area contributed by atoms with Crippen LogP contribution < -0.4 is 5.32 Å². The molecule has 0 spiro atoms. The molecule has 84 valence electrons. The van der Waals surface area contributed by atoms with Crippen molar-refractivity contribution in [3.8, 4) is 0 Å². The molecule has 1 N–H and O–H groups in total. The molecule has 1 aromatic rings. The molecule has 0 bridgehead atoms. The summed E-state index contributed by atoms with van der Waals surface area (Å²) in [6.45, 7) is 2.83. The second-order valence-electron chi connectivity index (χ2n) is 3.33. The maximum atomic E-state index is 11.5. The van der Waals surface area contributed by atoms with Gasteiger partial charge in [-0.1, -0.05) is 11.8 Å². The molecule has 0 saturated heterocycles. The lowest BCUT2D eigenvalue weighted by Gasteiger charge is -1.98. The molecule has 16 heavy (non-hydrogen) atoms. The van der Waals surface area contributed by atoms with Crippen molar-refractivity contribution in [1.82, 2.24) is 5.32 Å². The number of nitrogens with one attached hydrogen (secondary N) is 1. The Morgan fingerprint density at radius 2 is 2.50 bits per heavy atom. The first-order valence-electron chi connectivity index (χ1n) is 4.96. The van der Waals surface area contributed by atoms with Gasteiger partial charge in [-0.15, -0.1) is 11.3 Å². The molecule has 0 atom stereocenters. The van der Waals surface area contributed by atoms with Gasteiger partial charge in [0.25, 0.3) is 0 Å². The summed E-state index contributed by atoms with van der Waals surface area (Å²) in [7, 11) is 0. The first-order valence-corrected chi connectivity index (χ1v) is 6.82. The molecular formula is C11H12N2OS2. The number of nitrogens with zero attached hydrogens (tertiary/aromatic N) is 1. The van der Waals surface area contributed by atoms with Gasteiger partial charge in [-0.3, -0.25) is 9.79 Å². The van der Waals surface area contributed by atoms with Crippen LogP contribution in [0.25, 0.3) is 6.08 Å². The summed E-state index contributed by atoms with van der Waals surface area (Å²) in [4.78, 5) is 16.8. The maximum absolute atomic E-state index is 11.5. The van der Waals surface area contributed by atoms with Crippen LogP contribution in [0.15, 0.2) is 22.5 Å². The molecule has 5 heteroatoms. The van der Waals surface area contributed by atoms with Crippen LogP contribution in [0.1, 0.15) is 10.4 Å². The number of carbonyl (C=O) groups is 1. The monoisotopic (exact) mass is 252 g/mol. The summed E-state index contributed by atoms with van der Waals surface area (Å²) in [5.74, 6) is 0.851. The second-order valence-corrected chi connectivity index (χ2v) is 5.36. The Labute approximate surface area is 103 Å². The number of rotatable bonds is 2. The summed E-state index contributed by atoms with van der Waals surface area (Å²) in [5.41, 5.74) is 1.20. The Hall–Kier alpha value is -1.07. The number of hydrogen-bond donors (Lipinski definition) is 1. The number of amides is 1. The van der Waals surface area contributed by atoms with Crippen molar-refractivity contribution in [1.29, 1.82) is 0 Å². The molecule has 2 rings (SSSR count). The number of thioether (sulfide) groups is 1. The Kier molecular flexibility index (Phi) is 3.79. The van der Waals surface area contributed by atoms with Crippen molar-refractivity contribution in [2.24, 2.45) is 4.99 Å². The number of aliphatic imine (C=N–C) groups is 1. The molecule has 3 nitrogen and oxygen atoms in total. The van der Waals surface area contributed by atoms with E-state index in [2.05, 4.69) is 10.3 Å². The number of amidine groups is 1. The van der Waals surface area contributed by atoms with E-state index in [0.29, 0.717) is 0 Å². The highest BCUT2D eigenvalue weighted by Crippen LogP contribution is 2.17. The fraction of sp³-hybridized carbons (Fsp3) is 0.273. The van der Waals surface area contributed by atoms with Crippen molar-refractivity contribution in [3.63, 3.8) is 0 Å². The maximum Gasteiger partial charge on any atom is 0.249 e. The number of carbonyl (C=O) groups excluding carboxylic acids is 1. The Balaban J connectivity index is 1.92. The van der Waals surface area contributed by atoms with Crippen molar-refractivity contribution >= 4 is 40.2 Å². The fourth-order valence-corrected chi connectivity index (χ4v) is 2.81. The minimum atomic E-state index is -0.110. The van der Waals surface area contributed by atoms with E-state index in [1.807, 2.05) is 24.4 Å². The molecule has 1 aliphatic rings. The van der Waals surface area contributed by atoms with Crippen molar-refractivity contribution < 1.29 is 4.79 Å². The lowest BCUT2D eigenvalue weighted by atomic mass is 10.3. The van der Waals surface area contributed by atoms with Gasteiger partial charge in [-0.2, -0.15) is 0 Å². The smallest absolute Gasteiger partial charge is 0.249 e. The third kappa shape index (κ3) is 2.96. The highest BCUT2D eigenvalue weighted by molar-refractivity contribution is 8.14. The molecule has 0 fully saturated rings. The molecule has 0 unspecified atom stereocenters. The molecule has 2 heterocycles. The highest BCUT2D eigenvalue weighted by atomic mass is 32.2. The van der Waals surface area contributed by atoms with Crippen LogP contribution in [0.3, 0.4) is 0 Å². The third-order valence-electron chi connectivity index (χ3n) is 2.10. The molecule has 0 radical (unpaired) electrons. The summed E-state index contributed by atoms with van der Waals surface area (Å²) in [6, 6.07) is 2.04. The standard InChI is InChI=1S/C11H12N2OS2/c1-8-4-6-15-9(8)2-3-10(14)13-11-12-5-7-16-11/h2-4,6H,5,7H2,1H3,(H,12,13,14). The lowest BCUT2D eigenvalue weighted by Crippen LogP contribution is -2.25. The van der Waals surface area contributed by atoms with Gasteiger partial charge in [-0.05, 0) is 30.0 Å². The average molecular weight is 252 g/mol. The lowest BCUT2D eigenvalue weighted by molar-refractivity contribution is -0.115. The molecular weight excluding hydrogens is 240 g/mol. The zero-order valence-electron chi connectivity index (χ0n) is 8.90. The van der Waals surface area contributed by atoms with Crippen LogP contribution in [0.2, 0.25) is 0 Å². The Bertz CT molecular complexity index is 449. The quantitative estimate of drug-likeness (QED) is 0.821. The summed E-state index contributed by atoms with van der Waals surface area (Å²) in [6.07, 6.45) is 3.40. The normalized spacial score (nSPS) is 15.4. The third-order valence-corrected chi connectivity index (χ3v) is 3.98. The van der Waals surface area contributed by atoms with E-state index in [4.69, 9.17) is 0 Å². The minimum Gasteiger partial charge on any atom is -0.302 e. The second kappa shape index (κ2) is 5.32. The van der Waals surface area contributed by atoms with Crippen LogP contribution in [0, 0.1) is 6.92 Å². The predicted octanol–water partition coefficient (Wildman–Crippen LogP) is 2.29. The van der Waals surface area contributed by atoms with Gasteiger partial charge >= 0.3 is 0 Å². The fourth-order valence-electron chi connectivity index (χ4n) is 1.26. The molecule has 1 amide bonds. The van der Waals surface area contributed by atoms with Crippen LogP contribution in [0.5, 0.6) is 0 Å². The van der Waals surface area contributed by atoms with Gasteiger partial charge in [0.2, 0.25) is 5.91 Å². The molecule has 0 aliphatic carbocycles. The highest BCUT2D eigenvalue weighted by Gasteiger charge is 2.08. The van der Waals surface area contributed by atoms with Gasteiger partial charge in [0.1, 0.15) is 0 Å². The van der Waals surface area contributed by atoms with Gasteiger partial charge in [-0.25, -0.2) is 0 Å². The summed E-state index contributed by atoms with van der Waals surface area (Å²) < 4.78 is 0. The van der Waals surface area contributed by atoms with Crippen molar-refractivity contribution in [3.05, 3.63) is 28.0 Å². The Morgan fingerprint density at radius 3 is 3.12 bits per heavy atom.